The molecule has 112 valence electrons. The van der Waals surface area contributed by atoms with Crippen molar-refractivity contribution in [3.63, 3.8) is 0 Å². The molecule has 1 atom stereocenters. The van der Waals surface area contributed by atoms with Crippen LogP contribution in [0, 0.1) is 12.7 Å². The van der Waals surface area contributed by atoms with Crippen molar-refractivity contribution in [2.24, 2.45) is 0 Å². The fraction of sp³-hybridized carbons (Fsp3) is 0.333. The first kappa shape index (κ1) is 16.0. The molecule has 1 unspecified atom stereocenters. The molecule has 0 saturated carbocycles. The van der Waals surface area contributed by atoms with E-state index in [0.717, 1.165) is 24.8 Å². The molecule has 0 aliphatic heterocycles. The predicted molar refractivity (Wildman–Crippen MR) is 87.5 cm³/mol. The Hall–Kier alpha value is -1.38. The fourth-order valence-corrected chi connectivity index (χ4v) is 2.73. The number of rotatable bonds is 6. The van der Waals surface area contributed by atoms with E-state index in [2.05, 4.69) is 36.5 Å². The predicted octanol–water partition coefficient (Wildman–Crippen LogP) is 4.55. The second-order valence-electron chi connectivity index (χ2n) is 5.43. The van der Waals surface area contributed by atoms with Gasteiger partial charge in [-0.15, -0.1) is 0 Å². The molecule has 0 radical (unpaired) electrons. The van der Waals surface area contributed by atoms with Crippen molar-refractivity contribution >= 4 is 11.6 Å². The molecule has 0 fully saturated rings. The second kappa shape index (κ2) is 7.58. The zero-order valence-electron chi connectivity index (χ0n) is 12.5. The average Bonchev–Trinajstić information content (AvgIpc) is 2.48. The van der Waals surface area contributed by atoms with Gasteiger partial charge in [-0.1, -0.05) is 53.6 Å². The molecule has 2 rings (SSSR count). The van der Waals surface area contributed by atoms with Crippen molar-refractivity contribution in [3.8, 4) is 0 Å². The molecule has 0 amide bonds. The minimum atomic E-state index is -0.345. The van der Waals surface area contributed by atoms with E-state index in [1.165, 1.54) is 17.2 Å². The molecule has 0 heterocycles. The van der Waals surface area contributed by atoms with Gasteiger partial charge in [-0.2, -0.15) is 0 Å². The number of benzene rings is 2. The van der Waals surface area contributed by atoms with Gasteiger partial charge < -0.3 is 5.32 Å². The molecular formula is C18H21ClFN. The van der Waals surface area contributed by atoms with Crippen molar-refractivity contribution in [3.05, 3.63) is 70.0 Å². The Labute approximate surface area is 131 Å². The van der Waals surface area contributed by atoms with Gasteiger partial charge in [-0.05, 0) is 50.4 Å². The molecule has 1 nitrogen and oxygen atoms in total. The summed E-state index contributed by atoms with van der Waals surface area (Å²) in [5.41, 5.74) is 3.47. The van der Waals surface area contributed by atoms with Gasteiger partial charge in [0.15, 0.2) is 0 Å². The van der Waals surface area contributed by atoms with Crippen LogP contribution in [-0.2, 0) is 12.8 Å². The van der Waals surface area contributed by atoms with E-state index in [1.807, 2.05) is 13.1 Å². The lowest BCUT2D eigenvalue weighted by atomic mass is 9.98. The summed E-state index contributed by atoms with van der Waals surface area (Å²) in [6.45, 7) is 2.10. The van der Waals surface area contributed by atoms with Gasteiger partial charge in [0.25, 0.3) is 0 Å². The number of hydrogen-bond acceptors (Lipinski definition) is 1. The first-order valence-electron chi connectivity index (χ1n) is 7.26. The molecule has 0 aromatic heterocycles. The van der Waals surface area contributed by atoms with E-state index >= 15 is 0 Å². The molecule has 0 spiro atoms. The van der Waals surface area contributed by atoms with Crippen LogP contribution in [0.1, 0.15) is 23.1 Å². The number of halogens is 2. The number of hydrogen-bond donors (Lipinski definition) is 1. The lowest BCUT2D eigenvalue weighted by molar-refractivity contribution is 0.518. The SMILES string of the molecule is CNC(CCc1cccc(C)c1)Cc1cccc(F)c1Cl. The summed E-state index contributed by atoms with van der Waals surface area (Å²) in [5, 5.41) is 3.54. The van der Waals surface area contributed by atoms with Gasteiger partial charge in [0, 0.05) is 6.04 Å². The maximum atomic E-state index is 13.5. The topological polar surface area (TPSA) is 12.0 Å². The Bertz CT molecular complexity index is 598. The van der Waals surface area contributed by atoms with Crippen LogP contribution in [0.4, 0.5) is 4.39 Å². The van der Waals surface area contributed by atoms with Crippen molar-refractivity contribution < 1.29 is 4.39 Å². The maximum Gasteiger partial charge on any atom is 0.142 e. The zero-order chi connectivity index (χ0) is 15.2. The number of nitrogens with one attached hydrogen (secondary N) is 1. The third kappa shape index (κ3) is 4.55. The largest absolute Gasteiger partial charge is 0.317 e. The van der Waals surface area contributed by atoms with E-state index < -0.39 is 0 Å². The van der Waals surface area contributed by atoms with E-state index in [4.69, 9.17) is 11.6 Å². The molecule has 21 heavy (non-hydrogen) atoms. The molecule has 0 aliphatic carbocycles. The Balaban J connectivity index is 1.99. The lowest BCUT2D eigenvalue weighted by Crippen LogP contribution is -2.28. The first-order chi connectivity index (χ1) is 10.1. The molecule has 2 aromatic rings. The highest BCUT2D eigenvalue weighted by Gasteiger charge is 2.12. The minimum Gasteiger partial charge on any atom is -0.317 e. The smallest absolute Gasteiger partial charge is 0.142 e. The van der Waals surface area contributed by atoms with Gasteiger partial charge in [0.05, 0.1) is 5.02 Å². The zero-order valence-corrected chi connectivity index (χ0v) is 13.3. The maximum absolute atomic E-state index is 13.5. The minimum absolute atomic E-state index is 0.244. The molecule has 0 bridgehead atoms. The number of likely N-dealkylation sites (N-methyl/N-ethyl adjacent to an activating group) is 1. The van der Waals surface area contributed by atoms with Crippen LogP contribution in [-0.4, -0.2) is 13.1 Å². The van der Waals surface area contributed by atoms with E-state index in [0.29, 0.717) is 0 Å². The summed E-state index contributed by atoms with van der Waals surface area (Å²) >= 11 is 6.03. The molecule has 3 heteroatoms. The second-order valence-corrected chi connectivity index (χ2v) is 5.81. The Morgan fingerprint density at radius 1 is 1.19 bits per heavy atom. The Kier molecular flexibility index (Phi) is 5.77. The van der Waals surface area contributed by atoms with Crippen LogP contribution in [0.15, 0.2) is 42.5 Å². The quantitative estimate of drug-likeness (QED) is 0.825. The van der Waals surface area contributed by atoms with Gasteiger partial charge in [0.2, 0.25) is 0 Å². The molecule has 2 aromatic carbocycles. The van der Waals surface area contributed by atoms with E-state index in [9.17, 15) is 4.39 Å². The highest BCUT2D eigenvalue weighted by molar-refractivity contribution is 6.31. The van der Waals surface area contributed by atoms with Crippen LogP contribution >= 0.6 is 11.6 Å². The van der Waals surface area contributed by atoms with Crippen LogP contribution < -0.4 is 5.32 Å². The lowest BCUT2D eigenvalue weighted by Gasteiger charge is -2.17. The van der Waals surface area contributed by atoms with E-state index in [-0.39, 0.29) is 16.9 Å². The van der Waals surface area contributed by atoms with Crippen molar-refractivity contribution in [2.45, 2.75) is 32.2 Å². The van der Waals surface area contributed by atoms with E-state index in [1.54, 1.807) is 6.07 Å². The van der Waals surface area contributed by atoms with Crippen molar-refractivity contribution in [1.29, 1.82) is 0 Å². The van der Waals surface area contributed by atoms with Gasteiger partial charge in [-0.25, -0.2) is 4.39 Å². The summed E-state index contributed by atoms with van der Waals surface area (Å²) in [5.74, 6) is -0.345. The number of aryl methyl sites for hydroxylation is 2. The summed E-state index contributed by atoms with van der Waals surface area (Å²) < 4.78 is 13.5. The molecular weight excluding hydrogens is 285 g/mol. The summed E-state index contributed by atoms with van der Waals surface area (Å²) in [6, 6.07) is 13.8. The molecule has 1 N–H and O–H groups in total. The van der Waals surface area contributed by atoms with Crippen LogP contribution in [0.2, 0.25) is 5.02 Å². The standard InChI is InChI=1S/C18H21ClFN/c1-13-5-3-6-14(11-13)9-10-16(21-2)12-15-7-4-8-17(20)18(15)19/h3-8,11,16,21H,9-10,12H2,1-2H3. The summed E-state index contributed by atoms with van der Waals surface area (Å²) in [7, 11) is 1.94. The monoisotopic (exact) mass is 305 g/mol. The third-order valence-corrected chi connectivity index (χ3v) is 4.19. The van der Waals surface area contributed by atoms with Crippen molar-refractivity contribution in [1.82, 2.24) is 5.32 Å². The third-order valence-electron chi connectivity index (χ3n) is 3.77. The highest BCUT2D eigenvalue weighted by Crippen LogP contribution is 2.22. The highest BCUT2D eigenvalue weighted by atomic mass is 35.5. The van der Waals surface area contributed by atoms with Gasteiger partial charge in [0.1, 0.15) is 5.82 Å². The Morgan fingerprint density at radius 2 is 1.95 bits per heavy atom. The first-order valence-corrected chi connectivity index (χ1v) is 7.63. The van der Waals surface area contributed by atoms with Crippen LogP contribution in [0.25, 0.3) is 0 Å². The Morgan fingerprint density at radius 3 is 2.67 bits per heavy atom. The fourth-order valence-electron chi connectivity index (χ4n) is 2.53. The summed E-state index contributed by atoms with van der Waals surface area (Å²) in [4.78, 5) is 0. The van der Waals surface area contributed by atoms with Crippen LogP contribution in [0.3, 0.4) is 0 Å². The normalized spacial score (nSPS) is 12.4. The molecule has 0 saturated heterocycles. The van der Waals surface area contributed by atoms with Gasteiger partial charge >= 0.3 is 0 Å². The summed E-state index contributed by atoms with van der Waals surface area (Å²) in [6.07, 6.45) is 2.73. The van der Waals surface area contributed by atoms with Crippen LogP contribution in [0.5, 0.6) is 0 Å². The average molecular weight is 306 g/mol. The van der Waals surface area contributed by atoms with Crippen molar-refractivity contribution in [2.75, 3.05) is 7.05 Å². The molecule has 0 aliphatic rings. The van der Waals surface area contributed by atoms with Gasteiger partial charge in [-0.3, -0.25) is 0 Å².